The average Bonchev–Trinajstić information content (AvgIpc) is 3.41. The first kappa shape index (κ1) is 21.3. The molecule has 0 bridgehead atoms. The Morgan fingerprint density at radius 3 is 2.70 bits per heavy atom. The lowest BCUT2D eigenvalue weighted by Crippen LogP contribution is -2.05. The van der Waals surface area contributed by atoms with Gasteiger partial charge >= 0.3 is 0 Å². The molecule has 0 atom stereocenters. The second-order valence-electron chi connectivity index (χ2n) is 7.47. The molecule has 3 aromatic heterocycles. The molecule has 0 radical (unpaired) electrons. The summed E-state index contributed by atoms with van der Waals surface area (Å²) in [7, 11) is -3.54. The summed E-state index contributed by atoms with van der Waals surface area (Å²) >= 11 is 1.50. The van der Waals surface area contributed by atoms with Crippen LogP contribution in [-0.4, -0.2) is 40.6 Å². The number of thiazole rings is 1. The van der Waals surface area contributed by atoms with Crippen molar-refractivity contribution >= 4 is 26.1 Å². The maximum Gasteiger partial charge on any atom is 0.247 e. The third-order valence-corrected chi connectivity index (χ3v) is 6.70. The molecule has 2 aromatic carbocycles. The number of hydrogen-bond donors (Lipinski definition) is 0. The highest BCUT2D eigenvalue weighted by Gasteiger charge is 2.20. The van der Waals surface area contributed by atoms with Crippen molar-refractivity contribution in [1.82, 2.24) is 19.4 Å². The minimum absolute atomic E-state index is 0.214. The van der Waals surface area contributed by atoms with E-state index in [1.807, 2.05) is 58.4 Å². The third kappa shape index (κ3) is 4.50. The molecule has 0 aliphatic rings. The lowest BCUT2D eigenvalue weighted by Gasteiger charge is -2.09. The minimum Gasteiger partial charge on any atom is -0.493 e. The van der Waals surface area contributed by atoms with Gasteiger partial charge < -0.3 is 4.74 Å². The highest BCUT2D eigenvalue weighted by atomic mass is 32.2. The molecular formula is C24H20N4O3S2. The lowest BCUT2D eigenvalue weighted by atomic mass is 10.1. The van der Waals surface area contributed by atoms with E-state index in [1.54, 1.807) is 6.07 Å². The van der Waals surface area contributed by atoms with E-state index >= 15 is 0 Å². The van der Waals surface area contributed by atoms with Gasteiger partial charge in [-0.3, -0.25) is 4.40 Å². The highest BCUT2D eigenvalue weighted by Crippen LogP contribution is 2.34. The Morgan fingerprint density at radius 1 is 1.03 bits per heavy atom. The molecule has 33 heavy (non-hydrogen) atoms. The van der Waals surface area contributed by atoms with Crippen LogP contribution in [0.15, 0.2) is 83.6 Å². The summed E-state index contributed by atoms with van der Waals surface area (Å²) in [6.45, 7) is 0.558. The maximum absolute atomic E-state index is 12.0. The summed E-state index contributed by atoms with van der Waals surface area (Å²) in [6, 6.07) is 19.6. The van der Waals surface area contributed by atoms with E-state index in [0.29, 0.717) is 23.7 Å². The first-order chi connectivity index (χ1) is 16.0. The van der Waals surface area contributed by atoms with Crippen molar-refractivity contribution in [2.45, 2.75) is 11.6 Å². The molecule has 5 aromatic rings. The molecule has 0 unspecified atom stereocenters. The number of nitrogens with zero attached hydrogens (tertiary/aromatic N) is 4. The quantitative estimate of drug-likeness (QED) is 0.321. The number of imidazole rings is 1. The zero-order chi connectivity index (χ0) is 22.8. The highest BCUT2D eigenvalue weighted by molar-refractivity contribution is 7.90. The topological polar surface area (TPSA) is 86.5 Å². The van der Waals surface area contributed by atoms with Crippen molar-refractivity contribution in [1.29, 1.82) is 0 Å². The molecule has 0 aliphatic heterocycles. The molecule has 0 spiro atoms. The fourth-order valence-electron chi connectivity index (χ4n) is 3.55. The molecule has 9 heteroatoms. The van der Waals surface area contributed by atoms with Gasteiger partial charge in [-0.05, 0) is 23.8 Å². The molecule has 7 nitrogen and oxygen atoms in total. The SMILES string of the molecule is CS(=O)(=O)c1nccc(-c2c(-c3cccc(OCCc4ccccc4)c3)nc3sccn23)n1. The van der Waals surface area contributed by atoms with Gasteiger partial charge in [-0.2, -0.15) is 0 Å². The van der Waals surface area contributed by atoms with Crippen molar-refractivity contribution in [3.8, 4) is 28.4 Å². The zero-order valence-corrected chi connectivity index (χ0v) is 19.4. The summed E-state index contributed by atoms with van der Waals surface area (Å²) < 4.78 is 31.9. The van der Waals surface area contributed by atoms with E-state index in [2.05, 4.69) is 22.1 Å². The van der Waals surface area contributed by atoms with E-state index in [0.717, 1.165) is 29.0 Å². The fourth-order valence-corrected chi connectivity index (χ4v) is 4.78. The molecular weight excluding hydrogens is 456 g/mol. The van der Waals surface area contributed by atoms with Gasteiger partial charge in [0.2, 0.25) is 15.0 Å². The molecule has 0 N–H and O–H groups in total. The summed E-state index contributed by atoms with van der Waals surface area (Å²) in [6.07, 6.45) is 5.26. The van der Waals surface area contributed by atoms with Gasteiger partial charge in [-0.1, -0.05) is 42.5 Å². The first-order valence-corrected chi connectivity index (χ1v) is 13.0. The van der Waals surface area contributed by atoms with Crippen LogP contribution in [0, 0.1) is 0 Å². The van der Waals surface area contributed by atoms with Crippen LogP contribution in [0.2, 0.25) is 0 Å². The summed E-state index contributed by atoms with van der Waals surface area (Å²) in [4.78, 5) is 13.8. The van der Waals surface area contributed by atoms with Crippen LogP contribution in [0.25, 0.3) is 27.6 Å². The predicted octanol–water partition coefficient (Wildman–Crippen LogP) is 4.54. The van der Waals surface area contributed by atoms with E-state index in [4.69, 9.17) is 9.72 Å². The van der Waals surface area contributed by atoms with E-state index in [9.17, 15) is 8.42 Å². The molecule has 5 rings (SSSR count). The fraction of sp³-hybridized carbons (Fsp3) is 0.125. The van der Waals surface area contributed by atoms with Crippen LogP contribution in [0.5, 0.6) is 5.75 Å². The molecule has 0 fully saturated rings. The number of fused-ring (bicyclic) bond motifs is 1. The first-order valence-electron chi connectivity index (χ1n) is 10.3. The molecule has 0 aliphatic carbocycles. The number of aromatic nitrogens is 4. The molecule has 0 amide bonds. The lowest BCUT2D eigenvalue weighted by molar-refractivity contribution is 0.322. The van der Waals surface area contributed by atoms with Gasteiger partial charge in [-0.25, -0.2) is 23.4 Å². The van der Waals surface area contributed by atoms with E-state index < -0.39 is 9.84 Å². The van der Waals surface area contributed by atoms with E-state index in [1.165, 1.54) is 23.1 Å². The molecule has 0 saturated carbocycles. The van der Waals surface area contributed by atoms with Crippen LogP contribution < -0.4 is 4.74 Å². The van der Waals surface area contributed by atoms with Gasteiger partial charge in [-0.15, -0.1) is 11.3 Å². The van der Waals surface area contributed by atoms with Crippen LogP contribution in [0.4, 0.5) is 0 Å². The Kier molecular flexibility index (Phi) is 5.65. The predicted molar refractivity (Wildman–Crippen MR) is 128 cm³/mol. The van der Waals surface area contributed by atoms with Gasteiger partial charge in [0, 0.05) is 36.0 Å². The number of benzene rings is 2. The largest absolute Gasteiger partial charge is 0.493 e. The van der Waals surface area contributed by atoms with Crippen molar-refractivity contribution in [2.24, 2.45) is 0 Å². The Hall–Kier alpha value is -3.56. The Bertz CT molecular complexity index is 1530. The molecule has 166 valence electrons. The Morgan fingerprint density at radius 2 is 1.88 bits per heavy atom. The Labute approximate surface area is 195 Å². The van der Waals surface area contributed by atoms with Crippen molar-refractivity contribution in [2.75, 3.05) is 12.9 Å². The van der Waals surface area contributed by atoms with Crippen molar-refractivity contribution in [3.63, 3.8) is 0 Å². The maximum atomic E-state index is 12.0. The number of hydrogen-bond acceptors (Lipinski definition) is 7. The monoisotopic (exact) mass is 476 g/mol. The van der Waals surface area contributed by atoms with Crippen LogP contribution in [0.3, 0.4) is 0 Å². The van der Waals surface area contributed by atoms with Crippen molar-refractivity contribution in [3.05, 3.63) is 84.0 Å². The standard InChI is InChI=1S/C24H20N4O3S2/c1-33(29,30)23-25-12-10-20(26-23)22-21(27-24-28(22)13-15-32-24)18-8-5-9-19(16-18)31-14-11-17-6-3-2-4-7-17/h2-10,12-13,15-16H,11,14H2,1H3. The second-order valence-corrected chi connectivity index (χ2v) is 10.3. The smallest absolute Gasteiger partial charge is 0.247 e. The summed E-state index contributed by atoms with van der Waals surface area (Å²) in [5.74, 6) is 0.741. The third-order valence-electron chi connectivity index (χ3n) is 5.08. The minimum atomic E-state index is -3.54. The second kappa shape index (κ2) is 8.76. The average molecular weight is 477 g/mol. The van der Waals surface area contributed by atoms with Crippen LogP contribution >= 0.6 is 11.3 Å². The zero-order valence-electron chi connectivity index (χ0n) is 17.7. The van der Waals surface area contributed by atoms with Gasteiger partial charge in [0.05, 0.1) is 18.0 Å². The van der Waals surface area contributed by atoms with E-state index in [-0.39, 0.29) is 5.16 Å². The number of rotatable bonds is 7. The van der Waals surface area contributed by atoms with Gasteiger partial charge in [0.1, 0.15) is 11.4 Å². The van der Waals surface area contributed by atoms with Crippen LogP contribution in [0.1, 0.15) is 5.56 Å². The summed E-state index contributed by atoms with van der Waals surface area (Å²) in [5.41, 5.74) is 3.98. The summed E-state index contributed by atoms with van der Waals surface area (Å²) in [5, 5.41) is 1.71. The van der Waals surface area contributed by atoms with Gasteiger partial charge in [0.15, 0.2) is 4.96 Å². The molecule has 3 heterocycles. The Balaban J connectivity index is 1.50. The molecule has 0 saturated heterocycles. The normalized spacial score (nSPS) is 11.7. The number of ether oxygens (including phenoxy) is 1. The number of sulfone groups is 1. The van der Waals surface area contributed by atoms with Crippen LogP contribution in [-0.2, 0) is 16.3 Å². The van der Waals surface area contributed by atoms with Gasteiger partial charge in [0.25, 0.3) is 0 Å². The van der Waals surface area contributed by atoms with Crippen molar-refractivity contribution < 1.29 is 13.2 Å².